The lowest BCUT2D eigenvalue weighted by Crippen LogP contribution is -2.24. The number of hydrogen-bond acceptors (Lipinski definition) is 4. The Morgan fingerprint density at radius 1 is 1.12 bits per heavy atom. The lowest BCUT2D eigenvalue weighted by atomic mass is 10.1. The van der Waals surface area contributed by atoms with Gasteiger partial charge in [0.15, 0.2) is 5.58 Å². The third kappa shape index (κ3) is 4.31. The van der Waals surface area contributed by atoms with Crippen molar-refractivity contribution in [3.05, 3.63) is 63.6 Å². The third-order valence-electron chi connectivity index (χ3n) is 3.83. The standard InChI is InChI=1S/C17H17ClN2O4S/c18-14-7-2-1-5-12(14)6-3-4-10-19-25(22,23)13-8-9-15-16(11-13)24-17(21)20-15/h1-2,5,7-9,11,19H,3-4,6,10H2,(H,20,21). The average Bonchev–Trinajstić information content (AvgIpc) is 2.95. The quantitative estimate of drug-likeness (QED) is 0.616. The van der Waals surface area contributed by atoms with Gasteiger partial charge in [0.05, 0.1) is 10.4 Å². The predicted octanol–water partition coefficient (Wildman–Crippen LogP) is 3.08. The molecule has 0 aliphatic heterocycles. The number of aryl methyl sites for hydroxylation is 1. The first-order valence-electron chi connectivity index (χ1n) is 7.82. The first-order valence-corrected chi connectivity index (χ1v) is 9.68. The molecule has 132 valence electrons. The normalized spacial score (nSPS) is 11.9. The Balaban J connectivity index is 1.56. The third-order valence-corrected chi connectivity index (χ3v) is 5.65. The number of aromatic nitrogens is 1. The molecule has 25 heavy (non-hydrogen) atoms. The number of sulfonamides is 1. The van der Waals surface area contributed by atoms with Gasteiger partial charge in [0.1, 0.15) is 0 Å². The summed E-state index contributed by atoms with van der Waals surface area (Å²) in [5.74, 6) is -0.614. The molecule has 0 aliphatic rings. The van der Waals surface area contributed by atoms with Crippen LogP contribution < -0.4 is 10.5 Å². The van der Waals surface area contributed by atoms with Crippen LogP contribution in [0.4, 0.5) is 0 Å². The summed E-state index contributed by atoms with van der Waals surface area (Å²) in [5, 5.41) is 0.726. The van der Waals surface area contributed by atoms with Gasteiger partial charge in [0.2, 0.25) is 10.0 Å². The van der Waals surface area contributed by atoms with Crippen LogP contribution in [0.2, 0.25) is 5.02 Å². The highest BCUT2D eigenvalue weighted by molar-refractivity contribution is 7.89. The molecule has 3 rings (SSSR count). The Morgan fingerprint density at radius 3 is 2.72 bits per heavy atom. The molecule has 0 fully saturated rings. The molecule has 0 bridgehead atoms. The van der Waals surface area contributed by atoms with Crippen molar-refractivity contribution in [2.45, 2.75) is 24.2 Å². The summed E-state index contributed by atoms with van der Waals surface area (Å²) < 4.78 is 32.1. The van der Waals surface area contributed by atoms with Gasteiger partial charge in [0, 0.05) is 17.6 Å². The van der Waals surface area contributed by atoms with Crippen molar-refractivity contribution >= 4 is 32.7 Å². The van der Waals surface area contributed by atoms with E-state index in [1.807, 2.05) is 24.3 Å². The van der Waals surface area contributed by atoms with Crippen molar-refractivity contribution in [3.63, 3.8) is 0 Å². The van der Waals surface area contributed by atoms with E-state index in [9.17, 15) is 13.2 Å². The van der Waals surface area contributed by atoms with Gasteiger partial charge < -0.3 is 4.42 Å². The number of unbranched alkanes of at least 4 members (excludes halogenated alkanes) is 1. The molecule has 0 aliphatic carbocycles. The van der Waals surface area contributed by atoms with E-state index in [1.54, 1.807) is 0 Å². The SMILES string of the molecule is O=c1[nH]c2ccc(S(=O)(=O)NCCCCc3ccccc3Cl)cc2o1. The number of fused-ring (bicyclic) bond motifs is 1. The van der Waals surface area contributed by atoms with Crippen LogP contribution >= 0.6 is 11.6 Å². The van der Waals surface area contributed by atoms with Crippen LogP contribution in [0.25, 0.3) is 11.1 Å². The van der Waals surface area contributed by atoms with Crippen molar-refractivity contribution in [2.24, 2.45) is 0 Å². The Morgan fingerprint density at radius 2 is 1.92 bits per heavy atom. The Kier molecular flexibility index (Phi) is 5.27. The Bertz CT molecular complexity index is 1040. The molecule has 0 saturated heterocycles. The number of H-pyrrole nitrogens is 1. The molecule has 0 atom stereocenters. The van der Waals surface area contributed by atoms with Gasteiger partial charge in [-0.05, 0) is 43.0 Å². The highest BCUT2D eigenvalue weighted by atomic mass is 35.5. The second-order valence-corrected chi connectivity index (χ2v) is 7.79. The molecule has 2 aromatic carbocycles. The minimum atomic E-state index is -3.65. The zero-order valence-corrected chi connectivity index (χ0v) is 14.9. The number of nitrogens with one attached hydrogen (secondary N) is 2. The molecule has 2 N–H and O–H groups in total. The minimum Gasteiger partial charge on any atom is -0.408 e. The molecule has 0 amide bonds. The second kappa shape index (κ2) is 7.43. The fourth-order valence-corrected chi connectivity index (χ4v) is 3.84. The van der Waals surface area contributed by atoms with E-state index in [0.29, 0.717) is 18.5 Å². The second-order valence-electron chi connectivity index (χ2n) is 5.62. The molecule has 0 radical (unpaired) electrons. The highest BCUT2D eigenvalue weighted by Gasteiger charge is 2.15. The predicted molar refractivity (Wildman–Crippen MR) is 96.4 cm³/mol. The maximum absolute atomic E-state index is 12.3. The van der Waals surface area contributed by atoms with Crippen molar-refractivity contribution in [2.75, 3.05) is 6.54 Å². The average molecular weight is 381 g/mol. The largest absolute Gasteiger partial charge is 0.417 e. The van der Waals surface area contributed by atoms with Crippen LogP contribution in [0, 0.1) is 0 Å². The van der Waals surface area contributed by atoms with E-state index in [-0.39, 0.29) is 10.5 Å². The smallest absolute Gasteiger partial charge is 0.408 e. The summed E-state index contributed by atoms with van der Waals surface area (Å²) >= 11 is 6.09. The van der Waals surface area contributed by atoms with Crippen molar-refractivity contribution < 1.29 is 12.8 Å². The maximum Gasteiger partial charge on any atom is 0.417 e. The zero-order valence-electron chi connectivity index (χ0n) is 13.3. The van der Waals surface area contributed by atoms with Gasteiger partial charge in [-0.15, -0.1) is 0 Å². The lowest BCUT2D eigenvalue weighted by molar-refractivity contribution is 0.553. The van der Waals surface area contributed by atoms with Crippen LogP contribution in [0.5, 0.6) is 0 Å². The zero-order chi connectivity index (χ0) is 17.9. The van der Waals surface area contributed by atoms with E-state index in [1.165, 1.54) is 18.2 Å². The van der Waals surface area contributed by atoms with Gasteiger partial charge in [-0.25, -0.2) is 17.9 Å². The monoisotopic (exact) mass is 380 g/mol. The van der Waals surface area contributed by atoms with Gasteiger partial charge in [0.25, 0.3) is 0 Å². The fourth-order valence-electron chi connectivity index (χ4n) is 2.52. The Hall–Kier alpha value is -2.09. The number of oxazole rings is 1. The van der Waals surface area contributed by atoms with E-state index in [4.69, 9.17) is 16.0 Å². The van der Waals surface area contributed by atoms with E-state index >= 15 is 0 Å². The molecule has 0 saturated carbocycles. The van der Waals surface area contributed by atoms with Gasteiger partial charge in [-0.3, -0.25) is 4.98 Å². The molecule has 3 aromatic rings. The van der Waals surface area contributed by atoms with Crippen LogP contribution in [0.3, 0.4) is 0 Å². The van der Waals surface area contributed by atoms with Gasteiger partial charge in [-0.2, -0.15) is 0 Å². The van der Waals surface area contributed by atoms with Crippen LogP contribution in [-0.2, 0) is 16.4 Å². The molecule has 0 spiro atoms. The molecule has 8 heteroatoms. The maximum atomic E-state index is 12.3. The lowest BCUT2D eigenvalue weighted by Gasteiger charge is -2.07. The molecule has 1 aromatic heterocycles. The number of benzene rings is 2. The fraction of sp³-hybridized carbons (Fsp3) is 0.235. The number of hydrogen-bond donors (Lipinski definition) is 2. The number of aromatic amines is 1. The summed E-state index contributed by atoms with van der Waals surface area (Å²) in [6.45, 7) is 0.321. The van der Waals surface area contributed by atoms with Crippen molar-refractivity contribution in [1.82, 2.24) is 9.71 Å². The summed E-state index contributed by atoms with van der Waals surface area (Å²) in [6.07, 6.45) is 2.30. The molecular formula is C17H17ClN2O4S. The van der Waals surface area contributed by atoms with Crippen LogP contribution in [0.1, 0.15) is 18.4 Å². The van der Waals surface area contributed by atoms with Crippen molar-refractivity contribution in [3.8, 4) is 0 Å². The van der Waals surface area contributed by atoms with Gasteiger partial charge in [-0.1, -0.05) is 29.8 Å². The summed E-state index contributed by atoms with van der Waals surface area (Å²) in [5.41, 5.74) is 1.73. The summed E-state index contributed by atoms with van der Waals surface area (Å²) in [7, 11) is -3.65. The number of halogens is 1. The van der Waals surface area contributed by atoms with Crippen LogP contribution in [-0.4, -0.2) is 19.9 Å². The molecule has 6 nitrogen and oxygen atoms in total. The van der Waals surface area contributed by atoms with E-state index < -0.39 is 15.8 Å². The molecular weight excluding hydrogens is 364 g/mol. The minimum absolute atomic E-state index is 0.0638. The van der Waals surface area contributed by atoms with Gasteiger partial charge >= 0.3 is 5.76 Å². The molecule has 0 unspecified atom stereocenters. The topological polar surface area (TPSA) is 92.2 Å². The Labute approximate surface area is 149 Å². The first-order chi connectivity index (χ1) is 12.0. The van der Waals surface area contributed by atoms with E-state index in [2.05, 4.69) is 9.71 Å². The number of rotatable bonds is 7. The molecule has 1 heterocycles. The summed E-state index contributed by atoms with van der Waals surface area (Å²) in [4.78, 5) is 13.7. The van der Waals surface area contributed by atoms with Crippen molar-refractivity contribution in [1.29, 1.82) is 0 Å². The first kappa shape index (κ1) is 17.7. The van der Waals surface area contributed by atoms with Crippen LogP contribution in [0.15, 0.2) is 56.6 Å². The summed E-state index contributed by atoms with van der Waals surface area (Å²) in [6, 6.07) is 11.9. The highest BCUT2D eigenvalue weighted by Crippen LogP contribution is 2.18. The van der Waals surface area contributed by atoms with E-state index in [0.717, 1.165) is 23.4 Å².